The zero-order chi connectivity index (χ0) is 33.3. The van der Waals surface area contributed by atoms with Crippen LogP contribution < -0.4 is 11.1 Å². The second kappa shape index (κ2) is 15.1. The molecule has 3 N–H and O–H groups in total. The maximum atomic E-state index is 6.53. The first-order chi connectivity index (χ1) is 23.6. The number of benzene rings is 3. The highest BCUT2D eigenvalue weighted by Crippen LogP contribution is 2.41. The molecule has 1 heterocycles. The normalized spacial score (nSPS) is 21.9. The highest BCUT2D eigenvalue weighted by Gasteiger charge is 2.26. The highest BCUT2D eigenvalue weighted by atomic mass is 15.0. The van der Waals surface area contributed by atoms with Crippen LogP contribution in [0.2, 0.25) is 0 Å². The maximum Gasteiger partial charge on any atom is 0.162 e. The molecule has 4 heteroatoms. The van der Waals surface area contributed by atoms with E-state index >= 15 is 0 Å². The molecular formula is C44H40N4. The van der Waals surface area contributed by atoms with Gasteiger partial charge in [0.15, 0.2) is 5.84 Å². The predicted octanol–water partition coefficient (Wildman–Crippen LogP) is 9.41. The minimum Gasteiger partial charge on any atom is -0.383 e. The number of hydrogen-bond donors (Lipinski definition) is 2. The molecule has 0 fully saturated rings. The van der Waals surface area contributed by atoms with Crippen molar-refractivity contribution >= 4 is 22.8 Å². The van der Waals surface area contributed by atoms with E-state index in [0.717, 1.165) is 28.7 Å². The second-order valence-corrected chi connectivity index (χ2v) is 11.7. The van der Waals surface area contributed by atoms with Gasteiger partial charge in [-0.3, -0.25) is 0 Å². The Morgan fingerprint density at radius 2 is 1.60 bits per heavy atom. The van der Waals surface area contributed by atoms with Gasteiger partial charge in [-0.1, -0.05) is 159 Å². The first-order valence-corrected chi connectivity index (χ1v) is 16.3. The van der Waals surface area contributed by atoms with Gasteiger partial charge in [-0.05, 0) is 64.6 Å². The molecule has 236 valence electrons. The maximum absolute atomic E-state index is 6.53. The summed E-state index contributed by atoms with van der Waals surface area (Å²) in [7, 11) is 0. The van der Waals surface area contributed by atoms with E-state index in [4.69, 9.17) is 15.7 Å². The van der Waals surface area contributed by atoms with E-state index in [-0.39, 0.29) is 12.0 Å². The Morgan fingerprint density at radius 1 is 0.854 bits per heavy atom. The van der Waals surface area contributed by atoms with Crippen molar-refractivity contribution in [1.29, 1.82) is 0 Å². The molecule has 0 spiro atoms. The van der Waals surface area contributed by atoms with Gasteiger partial charge in [-0.25, -0.2) is 9.98 Å². The quantitative estimate of drug-likeness (QED) is 0.149. The lowest BCUT2D eigenvalue weighted by Gasteiger charge is -2.29. The van der Waals surface area contributed by atoms with Crippen LogP contribution in [0.4, 0.5) is 0 Å². The Bertz CT molecular complexity index is 2000. The van der Waals surface area contributed by atoms with E-state index < -0.39 is 0 Å². The van der Waals surface area contributed by atoms with Crippen molar-refractivity contribution in [3.05, 3.63) is 216 Å². The second-order valence-electron chi connectivity index (χ2n) is 11.7. The smallest absolute Gasteiger partial charge is 0.162 e. The molecule has 4 nitrogen and oxygen atoms in total. The summed E-state index contributed by atoms with van der Waals surface area (Å²) in [6.45, 7) is 10.0. The minimum absolute atomic E-state index is 0.104. The predicted molar refractivity (Wildman–Crippen MR) is 204 cm³/mol. The molecule has 0 bridgehead atoms. The summed E-state index contributed by atoms with van der Waals surface area (Å²) >= 11 is 0. The van der Waals surface area contributed by atoms with Crippen molar-refractivity contribution in [2.24, 2.45) is 21.6 Å². The molecular weight excluding hydrogens is 585 g/mol. The van der Waals surface area contributed by atoms with Crippen LogP contribution in [-0.2, 0) is 0 Å². The third-order valence-corrected chi connectivity index (χ3v) is 8.66. The average Bonchev–Trinajstić information content (AvgIpc) is 3.13. The topological polar surface area (TPSA) is 62.8 Å². The van der Waals surface area contributed by atoms with Crippen LogP contribution in [0, 0.1) is 5.92 Å². The number of nitrogens with one attached hydrogen (secondary N) is 1. The molecule has 48 heavy (non-hydrogen) atoms. The van der Waals surface area contributed by atoms with Gasteiger partial charge in [0.05, 0.1) is 11.7 Å². The number of dihydropyridines is 1. The summed E-state index contributed by atoms with van der Waals surface area (Å²) in [6.07, 6.45) is 28.1. The van der Waals surface area contributed by atoms with Gasteiger partial charge in [0, 0.05) is 17.0 Å². The molecule has 6 rings (SSSR count). The molecule has 2 aliphatic carbocycles. The zero-order valence-electron chi connectivity index (χ0n) is 27.3. The number of allylic oxidation sites excluding steroid dienone is 12. The van der Waals surface area contributed by atoms with Gasteiger partial charge in [0.25, 0.3) is 0 Å². The lowest BCUT2D eigenvalue weighted by Crippen LogP contribution is -2.26. The van der Waals surface area contributed by atoms with Gasteiger partial charge >= 0.3 is 0 Å². The number of aliphatic imine (C=N–C) groups is 2. The van der Waals surface area contributed by atoms with Gasteiger partial charge < -0.3 is 11.1 Å². The van der Waals surface area contributed by atoms with E-state index in [9.17, 15) is 0 Å². The first kappa shape index (κ1) is 32.0. The SMILES string of the molecule is C=C/C=C\C(=C/C)C(=C)/N=C(\N=C(/N)c1ccccc1)c1ccc(/C2=C3\C=CC=CC3C/C=C(\C3C=CC=CN3)c3ccccc32)cc1. The molecule has 2 atom stereocenters. The molecule has 0 saturated carbocycles. The fraction of sp³-hybridized carbons (Fsp3) is 0.0909. The molecule has 0 radical (unpaired) electrons. The van der Waals surface area contributed by atoms with Crippen LogP contribution >= 0.6 is 0 Å². The van der Waals surface area contributed by atoms with Crippen molar-refractivity contribution in [3.63, 3.8) is 0 Å². The standard InChI is InChI=1S/C44H40N4/c1-4-6-16-32(5-2)31(3)47-44(48-43(45)35-18-8-7-9-19-35)36-26-24-34(25-27-36)42-37-20-11-10-17-33(37)28-29-39(41-23-14-15-30-46-41)38-21-12-13-22-40(38)42/h4-27,29-30,33,41,46H,1,3,28H2,2H3,(H2,45,47,48)/b16-6-,32-5+,39-29-,42-37-. The highest BCUT2D eigenvalue weighted by molar-refractivity contribution is 6.11. The van der Waals surface area contributed by atoms with Gasteiger partial charge in [-0.2, -0.15) is 0 Å². The monoisotopic (exact) mass is 624 g/mol. The van der Waals surface area contributed by atoms with Crippen LogP contribution in [0.15, 0.2) is 198 Å². The number of amidine groups is 2. The largest absolute Gasteiger partial charge is 0.383 e. The lowest BCUT2D eigenvalue weighted by molar-refractivity contribution is 0.778. The molecule has 3 aromatic rings. The van der Waals surface area contributed by atoms with Crippen molar-refractivity contribution in [3.8, 4) is 0 Å². The van der Waals surface area contributed by atoms with E-state index in [0.29, 0.717) is 17.4 Å². The van der Waals surface area contributed by atoms with Crippen LogP contribution in [0.1, 0.15) is 41.2 Å². The van der Waals surface area contributed by atoms with Crippen molar-refractivity contribution < 1.29 is 0 Å². The molecule has 0 amide bonds. The van der Waals surface area contributed by atoms with Gasteiger partial charge in [-0.15, -0.1) is 0 Å². The van der Waals surface area contributed by atoms with Gasteiger partial charge in [0.2, 0.25) is 0 Å². The van der Waals surface area contributed by atoms with Gasteiger partial charge in [0.1, 0.15) is 5.84 Å². The fourth-order valence-corrected chi connectivity index (χ4v) is 6.24. The van der Waals surface area contributed by atoms with Crippen molar-refractivity contribution in [1.82, 2.24) is 5.32 Å². The number of fused-ring (bicyclic) bond motifs is 2. The van der Waals surface area contributed by atoms with Crippen molar-refractivity contribution in [2.45, 2.75) is 19.4 Å². The third kappa shape index (κ3) is 7.03. The summed E-state index contributed by atoms with van der Waals surface area (Å²) < 4.78 is 0. The third-order valence-electron chi connectivity index (χ3n) is 8.66. The average molecular weight is 625 g/mol. The van der Waals surface area contributed by atoms with Crippen LogP contribution in [-0.4, -0.2) is 17.7 Å². The van der Waals surface area contributed by atoms with Crippen LogP contribution in [0.5, 0.6) is 0 Å². The summed E-state index contributed by atoms with van der Waals surface area (Å²) in [5.41, 5.74) is 17.0. The molecule has 3 aromatic carbocycles. The summed E-state index contributed by atoms with van der Waals surface area (Å²) in [5, 5.41) is 3.55. The van der Waals surface area contributed by atoms with E-state index in [1.165, 1.54) is 27.8 Å². The fourth-order valence-electron chi connectivity index (χ4n) is 6.24. The minimum atomic E-state index is 0.104. The Morgan fingerprint density at radius 3 is 2.33 bits per heavy atom. The number of nitrogens with zero attached hydrogens (tertiary/aromatic N) is 2. The summed E-state index contributed by atoms with van der Waals surface area (Å²) in [4.78, 5) is 9.75. The van der Waals surface area contributed by atoms with Crippen LogP contribution in [0.25, 0.3) is 11.1 Å². The Kier molecular flexibility index (Phi) is 10.0. The lowest BCUT2D eigenvalue weighted by atomic mass is 9.77. The Hall–Kier alpha value is -6.00. The van der Waals surface area contributed by atoms with E-state index in [1.807, 2.05) is 67.8 Å². The summed E-state index contributed by atoms with van der Waals surface area (Å²) in [5.74, 6) is 1.13. The van der Waals surface area contributed by atoms with Crippen LogP contribution in [0.3, 0.4) is 0 Å². The number of nitrogens with two attached hydrogens (primary N) is 1. The summed E-state index contributed by atoms with van der Waals surface area (Å²) in [6, 6.07) is 27.1. The molecule has 0 aromatic heterocycles. The zero-order valence-corrected chi connectivity index (χ0v) is 27.3. The molecule has 3 aliphatic rings. The molecule has 1 aliphatic heterocycles. The van der Waals surface area contributed by atoms with Crippen molar-refractivity contribution in [2.75, 3.05) is 0 Å². The Labute approximate surface area is 284 Å². The Balaban J connectivity index is 1.46. The first-order valence-electron chi connectivity index (χ1n) is 16.3. The van der Waals surface area contributed by atoms with E-state index in [2.05, 4.69) is 110 Å². The molecule has 2 unspecified atom stereocenters. The number of hydrogen-bond acceptors (Lipinski definition) is 2. The molecule has 0 saturated heterocycles. The van der Waals surface area contributed by atoms with E-state index in [1.54, 1.807) is 6.08 Å². The number of rotatable bonds is 8.